The van der Waals surface area contributed by atoms with Crippen molar-refractivity contribution in [2.24, 2.45) is 4.99 Å². The molecule has 1 atom stereocenters. The molecule has 34 heavy (non-hydrogen) atoms. The van der Waals surface area contributed by atoms with E-state index in [1.54, 1.807) is 11.1 Å². The molecular formula is C26H27ClF2N4O. The van der Waals surface area contributed by atoms with Crippen LogP contribution in [-0.4, -0.2) is 59.4 Å². The number of carbonyl (C=O) groups excluding carboxylic acids is 1. The Kier molecular flexibility index (Phi) is 6.15. The van der Waals surface area contributed by atoms with Crippen LogP contribution in [0.1, 0.15) is 41.7 Å². The lowest BCUT2D eigenvalue weighted by Crippen LogP contribution is -2.48. The molecule has 4 heterocycles. The maximum absolute atomic E-state index is 16.1. The number of hydrogen-bond acceptors (Lipinski definition) is 4. The van der Waals surface area contributed by atoms with Crippen LogP contribution in [0.2, 0.25) is 5.02 Å². The van der Waals surface area contributed by atoms with Crippen LogP contribution < -0.4 is 4.90 Å². The first-order chi connectivity index (χ1) is 16.3. The second-order valence-electron chi connectivity index (χ2n) is 9.49. The molecule has 3 aliphatic rings. The van der Waals surface area contributed by atoms with Crippen LogP contribution >= 0.6 is 11.6 Å². The van der Waals surface area contributed by atoms with E-state index in [1.165, 1.54) is 24.6 Å². The number of anilines is 1. The molecule has 3 aliphatic heterocycles. The van der Waals surface area contributed by atoms with Crippen LogP contribution in [0.15, 0.2) is 53.5 Å². The van der Waals surface area contributed by atoms with Gasteiger partial charge in [-0.3, -0.25) is 9.79 Å². The standard InChI is InChI=1S/C26H27ClF2N4O/c27-21-16-19(6-7-22(21)28)24(34)33-14-9-25(29,10-15-33)18-26(8-2-11-30-26)17-20-4-1-5-23(31-20)32-12-3-13-32/h1-2,4-8,11,16H,3,9-10,12-15,17-18H2. The minimum atomic E-state index is -1.45. The Labute approximate surface area is 203 Å². The molecule has 1 aromatic carbocycles. The molecule has 0 aliphatic carbocycles. The summed E-state index contributed by atoms with van der Waals surface area (Å²) in [6.45, 7) is 2.62. The highest BCUT2D eigenvalue weighted by Gasteiger charge is 2.44. The van der Waals surface area contributed by atoms with Gasteiger partial charge in [0.1, 0.15) is 17.3 Å². The number of allylic oxidation sites excluding steroid dienone is 1. The third-order valence-electron chi connectivity index (χ3n) is 7.02. The zero-order chi connectivity index (χ0) is 23.8. The molecule has 0 radical (unpaired) electrons. The fraction of sp³-hybridized carbons (Fsp3) is 0.423. The van der Waals surface area contributed by atoms with Gasteiger partial charge in [-0.05, 0) is 55.7 Å². The number of piperidine rings is 1. The van der Waals surface area contributed by atoms with E-state index in [0.717, 1.165) is 24.6 Å². The van der Waals surface area contributed by atoms with Gasteiger partial charge in [-0.1, -0.05) is 23.7 Å². The Morgan fingerprint density at radius 1 is 1.12 bits per heavy atom. The van der Waals surface area contributed by atoms with Crippen molar-refractivity contribution in [3.05, 3.63) is 70.6 Å². The largest absolute Gasteiger partial charge is 0.356 e. The van der Waals surface area contributed by atoms with E-state index in [0.29, 0.717) is 12.0 Å². The summed E-state index contributed by atoms with van der Waals surface area (Å²) in [6, 6.07) is 9.91. The van der Waals surface area contributed by atoms with E-state index >= 15 is 4.39 Å². The number of carbonyl (C=O) groups is 1. The fourth-order valence-electron chi connectivity index (χ4n) is 4.98. The lowest BCUT2D eigenvalue weighted by Gasteiger charge is -2.40. The van der Waals surface area contributed by atoms with Crippen LogP contribution in [0.25, 0.3) is 0 Å². The molecule has 1 unspecified atom stereocenters. The number of amides is 1. The van der Waals surface area contributed by atoms with Crippen molar-refractivity contribution in [1.82, 2.24) is 9.88 Å². The molecule has 178 valence electrons. The van der Waals surface area contributed by atoms with Crippen LogP contribution in [0.5, 0.6) is 0 Å². The van der Waals surface area contributed by atoms with Gasteiger partial charge >= 0.3 is 0 Å². The number of aromatic nitrogens is 1. The molecule has 2 fully saturated rings. The number of rotatable bonds is 6. The number of nitrogens with zero attached hydrogens (tertiary/aromatic N) is 4. The van der Waals surface area contributed by atoms with Crippen molar-refractivity contribution >= 4 is 29.5 Å². The molecule has 1 amide bonds. The van der Waals surface area contributed by atoms with Gasteiger partial charge in [0.15, 0.2) is 0 Å². The Morgan fingerprint density at radius 2 is 1.91 bits per heavy atom. The summed E-state index contributed by atoms with van der Waals surface area (Å²) in [6.07, 6.45) is 7.99. The number of hydrogen-bond donors (Lipinski definition) is 0. The molecular weight excluding hydrogens is 458 g/mol. The molecule has 0 N–H and O–H groups in total. The quantitative estimate of drug-likeness (QED) is 0.577. The van der Waals surface area contributed by atoms with Crippen LogP contribution in [0, 0.1) is 5.82 Å². The van der Waals surface area contributed by atoms with E-state index < -0.39 is 17.0 Å². The number of pyridine rings is 1. The van der Waals surface area contributed by atoms with Crippen LogP contribution in [0.4, 0.5) is 14.6 Å². The van der Waals surface area contributed by atoms with Crippen LogP contribution in [-0.2, 0) is 6.42 Å². The Bertz CT molecular complexity index is 1130. The third-order valence-corrected chi connectivity index (χ3v) is 7.31. The molecule has 0 spiro atoms. The monoisotopic (exact) mass is 484 g/mol. The topological polar surface area (TPSA) is 48.8 Å². The number of halogens is 3. The van der Waals surface area contributed by atoms with Crippen molar-refractivity contribution < 1.29 is 13.6 Å². The van der Waals surface area contributed by atoms with E-state index in [9.17, 15) is 9.18 Å². The summed E-state index contributed by atoms with van der Waals surface area (Å²) >= 11 is 5.82. The summed E-state index contributed by atoms with van der Waals surface area (Å²) in [4.78, 5) is 26.1. The fourth-order valence-corrected chi connectivity index (χ4v) is 5.16. The summed E-state index contributed by atoms with van der Waals surface area (Å²) in [7, 11) is 0. The molecule has 2 saturated heterocycles. The highest BCUT2D eigenvalue weighted by atomic mass is 35.5. The smallest absolute Gasteiger partial charge is 0.253 e. The predicted octanol–water partition coefficient (Wildman–Crippen LogP) is 5.04. The Balaban J connectivity index is 1.25. The van der Waals surface area contributed by atoms with E-state index in [1.807, 2.05) is 30.4 Å². The summed E-state index contributed by atoms with van der Waals surface area (Å²) in [5.41, 5.74) is -0.909. The van der Waals surface area contributed by atoms with Crippen molar-refractivity contribution in [2.75, 3.05) is 31.1 Å². The van der Waals surface area contributed by atoms with Crippen LogP contribution in [0.3, 0.4) is 0 Å². The minimum absolute atomic E-state index is 0.0951. The van der Waals surface area contributed by atoms with Gasteiger partial charge in [-0.15, -0.1) is 0 Å². The van der Waals surface area contributed by atoms with Gasteiger partial charge < -0.3 is 9.80 Å². The van der Waals surface area contributed by atoms with Crippen molar-refractivity contribution in [3.63, 3.8) is 0 Å². The highest BCUT2D eigenvalue weighted by molar-refractivity contribution is 6.31. The maximum atomic E-state index is 16.1. The second-order valence-corrected chi connectivity index (χ2v) is 9.90. The van der Waals surface area contributed by atoms with Gasteiger partial charge in [0.05, 0.1) is 10.6 Å². The first-order valence-electron chi connectivity index (χ1n) is 11.7. The van der Waals surface area contributed by atoms with Gasteiger partial charge in [-0.25, -0.2) is 13.8 Å². The summed E-state index contributed by atoms with van der Waals surface area (Å²) in [5, 5.41) is -0.0951. The second kappa shape index (κ2) is 9.10. The first-order valence-corrected chi connectivity index (χ1v) is 12.1. The molecule has 1 aromatic heterocycles. The lowest BCUT2D eigenvalue weighted by molar-refractivity contribution is 0.0322. The van der Waals surface area contributed by atoms with E-state index in [-0.39, 0.29) is 43.3 Å². The number of aliphatic imine (C=N–C) groups is 1. The average molecular weight is 485 g/mol. The van der Waals surface area contributed by atoms with E-state index in [4.69, 9.17) is 16.6 Å². The van der Waals surface area contributed by atoms with Crippen molar-refractivity contribution in [2.45, 2.75) is 43.3 Å². The molecule has 0 bridgehead atoms. The van der Waals surface area contributed by atoms with E-state index in [2.05, 4.69) is 9.89 Å². The SMILES string of the molecule is O=C(c1ccc(F)c(Cl)c1)N1CCC(F)(CC2(Cc3cccc(N4CCC4)n3)C=CC=N2)CC1. The highest BCUT2D eigenvalue weighted by Crippen LogP contribution is 2.40. The zero-order valence-electron chi connectivity index (χ0n) is 18.9. The lowest BCUT2D eigenvalue weighted by atomic mass is 9.78. The normalized spacial score (nSPS) is 23.3. The first kappa shape index (κ1) is 23.0. The average Bonchev–Trinajstić information content (AvgIpc) is 3.22. The number of benzene rings is 1. The molecule has 5 rings (SSSR count). The summed E-state index contributed by atoms with van der Waals surface area (Å²) in [5.74, 6) is 0.136. The number of alkyl halides is 1. The van der Waals surface area contributed by atoms with Gasteiger partial charge in [-0.2, -0.15) is 0 Å². The maximum Gasteiger partial charge on any atom is 0.253 e. The number of likely N-dealkylation sites (tertiary alicyclic amines) is 1. The van der Waals surface area contributed by atoms with Gasteiger partial charge in [0.25, 0.3) is 5.91 Å². The third kappa shape index (κ3) is 4.71. The molecule has 5 nitrogen and oxygen atoms in total. The van der Waals surface area contributed by atoms with Crippen molar-refractivity contribution in [3.8, 4) is 0 Å². The molecule has 0 saturated carbocycles. The molecule has 2 aromatic rings. The predicted molar refractivity (Wildman–Crippen MR) is 130 cm³/mol. The van der Waals surface area contributed by atoms with Crippen molar-refractivity contribution in [1.29, 1.82) is 0 Å². The van der Waals surface area contributed by atoms with Gasteiger partial charge in [0.2, 0.25) is 0 Å². The zero-order valence-corrected chi connectivity index (χ0v) is 19.6. The van der Waals surface area contributed by atoms with Gasteiger partial charge in [0, 0.05) is 56.5 Å². The molecule has 8 heteroatoms. The Hall–Kier alpha value is -2.80. The minimum Gasteiger partial charge on any atom is -0.356 e. The Morgan fingerprint density at radius 3 is 2.56 bits per heavy atom. The summed E-state index contributed by atoms with van der Waals surface area (Å²) < 4.78 is 29.5.